The second-order valence-electron chi connectivity index (χ2n) is 10.7. The van der Waals surface area contributed by atoms with Gasteiger partial charge in [0, 0.05) is 123 Å². The van der Waals surface area contributed by atoms with Crippen LogP contribution in [0.5, 0.6) is 0 Å². The van der Waals surface area contributed by atoms with Crippen molar-refractivity contribution in [3.05, 3.63) is 0 Å². The minimum atomic E-state index is -6.00. The first-order chi connectivity index (χ1) is 22.5. The summed E-state index contributed by atoms with van der Waals surface area (Å²) in [6.45, 7) is 36.1. The minimum absolute atomic E-state index is 0. The second-order valence-corrected chi connectivity index (χ2v) is 28.8. The van der Waals surface area contributed by atoms with Crippen LogP contribution in [0.25, 0.3) is 0 Å². The van der Waals surface area contributed by atoms with Gasteiger partial charge in [-0.25, -0.2) is 0 Å². The standard InChI is InChI=1S/5C6H15P.C2H6N2.2BF4.6Re.8Se/c5*1-4-7(5-2)6-3;1-2(3)4;2*2-1(3,4)5;;;;;;;;;;;;;;/h5*4-6H2,1-3H3;1H3,(H3,3,4);;;;;;;;;;;;;;;;/q;;;;;;2*-1;;;;;;;8*-2/p+5. The molecule has 0 aromatic heterocycles. The van der Waals surface area contributed by atoms with Crippen LogP contribution in [0.2, 0.25) is 0 Å². The Morgan fingerprint density at radius 1 is 0.302 bits per heavy atom. The van der Waals surface area contributed by atoms with E-state index < -0.39 is 14.5 Å². The predicted octanol–water partition coefficient (Wildman–Crippen LogP) is 10.8. The van der Waals surface area contributed by atoms with Crippen molar-refractivity contribution >= 4 is 197 Å². The zero-order valence-electron chi connectivity index (χ0n) is 40.4. The van der Waals surface area contributed by atoms with Crippen molar-refractivity contribution in [3.8, 4) is 0 Å². The van der Waals surface area contributed by atoms with Gasteiger partial charge < -0.3 is 177 Å². The number of amidine groups is 1. The van der Waals surface area contributed by atoms with Crippen molar-refractivity contribution in [1.82, 2.24) is 0 Å². The van der Waals surface area contributed by atoms with E-state index in [-0.39, 0.29) is 305 Å². The van der Waals surface area contributed by atoms with E-state index in [2.05, 4.69) is 104 Å². The topological polar surface area (TPSA) is 49.9 Å². The monoisotopic (exact) mass is 2590 g/mol. The smallest absolute Gasteiger partial charge is 0.673 e. The van der Waals surface area contributed by atoms with Crippen LogP contribution in [-0.4, -0.2) is 249 Å². The Hall–Kier alpha value is 9.32. The van der Waals surface area contributed by atoms with Gasteiger partial charge in [-0.1, -0.05) is 0 Å². The minimum Gasteiger partial charge on any atom is -2.00 e. The number of hydrogen-bond acceptors (Lipinski definition) is 1. The summed E-state index contributed by atoms with van der Waals surface area (Å²) in [4.78, 5) is 0. The van der Waals surface area contributed by atoms with Gasteiger partial charge in [0.05, 0.1) is 98.3 Å². The molecular weight excluding hydrogens is 2490 g/mol. The van der Waals surface area contributed by atoms with Crippen LogP contribution >= 0.6 is 39.6 Å². The molecule has 0 bridgehead atoms. The van der Waals surface area contributed by atoms with Crippen LogP contribution < -0.4 is 5.73 Å². The number of halogens is 8. The van der Waals surface area contributed by atoms with Crippen LogP contribution in [0.15, 0.2) is 0 Å². The molecule has 0 aliphatic heterocycles. The summed E-state index contributed by atoms with van der Waals surface area (Å²) in [5, 5.41) is 6.28. The molecule has 0 fully saturated rings. The van der Waals surface area contributed by atoms with E-state index in [9.17, 15) is 34.5 Å². The number of rotatable bonds is 15. The second kappa shape index (κ2) is 120. The van der Waals surface area contributed by atoms with Crippen LogP contribution in [-0.2, 0) is 123 Å². The summed E-state index contributed by atoms with van der Waals surface area (Å²) >= 11 is 0. The molecule has 414 valence electrons. The Morgan fingerprint density at radius 2 is 0.333 bits per heavy atom. The maximum atomic E-state index is 9.75. The molecule has 0 aliphatic carbocycles. The quantitative estimate of drug-likeness (QED) is 0.0555. The van der Waals surface area contributed by atoms with Gasteiger partial charge in [0.25, 0.3) is 0 Å². The molecule has 0 spiro atoms. The summed E-state index contributed by atoms with van der Waals surface area (Å²) in [6.07, 6.45) is 21.8. The van der Waals surface area contributed by atoms with Gasteiger partial charge >= 0.3 is 14.5 Å². The Labute approximate surface area is 559 Å². The van der Waals surface area contributed by atoms with Crippen molar-refractivity contribution in [3.63, 3.8) is 0 Å². The average Bonchev–Trinajstić information content (AvgIpc) is 3.01. The van der Waals surface area contributed by atoms with Crippen LogP contribution in [0, 0.1) is 5.41 Å². The third kappa shape index (κ3) is 222. The Kier molecular flexibility index (Phi) is 276. The molecule has 3 N–H and O–H groups in total. The Balaban J connectivity index is -0.0000000149. The van der Waals surface area contributed by atoms with Crippen molar-refractivity contribution in [2.45, 2.75) is 111 Å². The van der Waals surface area contributed by atoms with E-state index in [1.165, 1.54) is 99.4 Å². The first-order valence-corrected chi connectivity index (χ1v) is 29.3. The molecular formula is C32H86B2F8N2P5Re6Se8-13. The van der Waals surface area contributed by atoms with E-state index >= 15 is 0 Å². The van der Waals surface area contributed by atoms with Gasteiger partial charge in [0.1, 0.15) is 0 Å². The number of nitrogens with two attached hydrogens (primary N) is 1. The van der Waals surface area contributed by atoms with Crippen molar-refractivity contribution in [2.75, 3.05) is 92.4 Å². The van der Waals surface area contributed by atoms with E-state index in [0.717, 1.165) is 0 Å². The maximum Gasteiger partial charge on any atom is 0.673 e. The van der Waals surface area contributed by atoms with Crippen molar-refractivity contribution < 1.29 is 157 Å². The first kappa shape index (κ1) is 145. The molecule has 0 aromatic carbocycles. The van der Waals surface area contributed by atoms with Crippen LogP contribution in [0.1, 0.15) is 111 Å². The van der Waals surface area contributed by atoms with E-state index in [4.69, 9.17) is 11.1 Å². The average molecular weight is 2580 g/mol. The molecule has 0 rings (SSSR count). The fourth-order valence-corrected chi connectivity index (χ4v) is 11.2. The molecule has 0 heterocycles. The Morgan fingerprint density at radius 3 is 0.333 bits per heavy atom. The van der Waals surface area contributed by atoms with Crippen LogP contribution in [0.3, 0.4) is 0 Å². The predicted molar refractivity (Wildman–Crippen MR) is 284 cm³/mol. The van der Waals surface area contributed by atoms with Crippen LogP contribution in [0.4, 0.5) is 34.5 Å². The van der Waals surface area contributed by atoms with Crippen molar-refractivity contribution in [2.24, 2.45) is 5.73 Å². The summed E-state index contributed by atoms with van der Waals surface area (Å²) in [6, 6.07) is 0. The molecule has 0 amide bonds. The third-order valence-electron chi connectivity index (χ3n) is 7.50. The van der Waals surface area contributed by atoms with Gasteiger partial charge in [-0.3, -0.25) is 5.41 Å². The number of hydrogen-bond donors (Lipinski definition) is 2. The molecule has 0 atom stereocenters. The zero-order valence-corrected chi connectivity index (χ0v) is 75.4. The largest absolute Gasteiger partial charge is 2.00 e. The van der Waals surface area contributed by atoms with Gasteiger partial charge in [-0.05, 0) is 150 Å². The SMILES string of the molecule is CC(=N)N.CC[PH+](CC)CC.CC[PH+](CC)CC.CC[PH+](CC)CC.CC[PH+](CC)CC.CC[PH+](CC)CC.F[B-](F)(F)F.F[B-](F)(F)F.[Re].[Re].[Re].[Re].[Re].[Re].[Se-2].[Se-2].[Se-2].[Se-2].[Se-2].[Se-2].[Se-2].[Se-2]. The third-order valence-corrected chi connectivity index (χ3v) is 22.5. The molecule has 6 radical (unpaired) electrons. The molecule has 2 nitrogen and oxygen atoms in total. The fraction of sp³-hybridized carbons (Fsp3) is 0.969. The number of nitrogens with one attached hydrogen (secondary N) is 1. The molecule has 0 aliphatic rings. The summed E-state index contributed by atoms with van der Waals surface area (Å²) in [5.74, 6) is 0.167. The normalized spacial score (nSPS) is 8.02. The van der Waals surface area contributed by atoms with Gasteiger partial charge in [0.2, 0.25) is 0 Å². The summed E-state index contributed by atoms with van der Waals surface area (Å²) in [5.41, 5.74) is 4.69. The van der Waals surface area contributed by atoms with Gasteiger partial charge in [-0.15, -0.1) is 0 Å². The molecule has 63 heavy (non-hydrogen) atoms. The Bertz CT molecular complexity index is 505. The zero-order chi connectivity index (χ0) is 41.1. The van der Waals surface area contributed by atoms with Gasteiger partial charge in [-0.2, -0.15) is 0 Å². The molecule has 0 unspecified atom stereocenters. The summed E-state index contributed by atoms with van der Waals surface area (Å²) < 4.78 is 78.0. The molecule has 0 aromatic rings. The van der Waals surface area contributed by atoms with Crippen molar-refractivity contribution in [1.29, 1.82) is 5.41 Å². The maximum absolute atomic E-state index is 9.75. The van der Waals surface area contributed by atoms with E-state index in [0.29, 0.717) is 0 Å². The van der Waals surface area contributed by atoms with Gasteiger partial charge in [0.15, 0.2) is 0 Å². The molecule has 31 heteroatoms. The molecule has 0 saturated heterocycles. The van der Waals surface area contributed by atoms with E-state index in [1.54, 1.807) is 0 Å². The first-order valence-electron chi connectivity index (χ1n) is 18.7. The molecule has 0 saturated carbocycles. The fourth-order valence-electron chi connectivity index (χ4n) is 3.75. The van der Waals surface area contributed by atoms with E-state index in [1.807, 2.05) is 0 Å². The summed E-state index contributed by atoms with van der Waals surface area (Å²) in [7, 11) is -11.3.